The Hall–Kier alpha value is -0.650. The molecule has 1 unspecified atom stereocenters. The summed E-state index contributed by atoms with van der Waals surface area (Å²) in [4.78, 5) is 11.3. The summed E-state index contributed by atoms with van der Waals surface area (Å²) >= 11 is 0. The number of aliphatic carboxylic acids is 1. The Morgan fingerprint density at radius 2 is 2.14 bits per heavy atom. The Balaban J connectivity index is 2.24. The van der Waals surface area contributed by atoms with Crippen molar-refractivity contribution in [2.24, 2.45) is 5.41 Å². The van der Waals surface area contributed by atoms with Crippen LogP contribution in [0.3, 0.4) is 0 Å². The molecule has 0 aliphatic carbocycles. The van der Waals surface area contributed by atoms with Gasteiger partial charge < -0.3 is 20.3 Å². The third kappa shape index (κ3) is 1.16. The highest BCUT2D eigenvalue weighted by molar-refractivity contribution is 5.77. The Bertz CT molecular complexity index is 243. The van der Waals surface area contributed by atoms with E-state index in [2.05, 4.69) is 5.32 Å². The maximum absolute atomic E-state index is 11.3. The molecule has 2 aliphatic heterocycles. The lowest BCUT2D eigenvalue weighted by Crippen LogP contribution is -2.69. The molecule has 5 heteroatoms. The molecule has 0 aromatic heterocycles. The molecule has 0 aromatic rings. The summed E-state index contributed by atoms with van der Waals surface area (Å²) in [6, 6.07) is 0. The molecule has 14 heavy (non-hydrogen) atoms. The van der Waals surface area contributed by atoms with Crippen LogP contribution in [-0.4, -0.2) is 48.1 Å². The maximum atomic E-state index is 11.3. The van der Waals surface area contributed by atoms with Crippen LogP contribution in [0.25, 0.3) is 0 Å². The van der Waals surface area contributed by atoms with Crippen LogP contribution < -0.4 is 5.32 Å². The highest BCUT2D eigenvalue weighted by Crippen LogP contribution is 2.42. The number of carbonyl (C=O) groups is 1. The maximum Gasteiger partial charge on any atom is 0.314 e. The molecule has 2 rings (SSSR count). The highest BCUT2D eigenvalue weighted by atomic mass is 16.5. The molecule has 0 radical (unpaired) electrons. The lowest BCUT2D eigenvalue weighted by Gasteiger charge is -2.50. The molecule has 0 spiro atoms. The molecular weight excluding hydrogens is 186 g/mol. The van der Waals surface area contributed by atoms with Crippen molar-refractivity contribution in [2.75, 3.05) is 26.3 Å². The lowest BCUT2D eigenvalue weighted by atomic mass is 9.66. The van der Waals surface area contributed by atoms with Crippen LogP contribution in [0.4, 0.5) is 0 Å². The summed E-state index contributed by atoms with van der Waals surface area (Å²) in [7, 11) is 0. The monoisotopic (exact) mass is 201 g/mol. The molecule has 0 bridgehead atoms. The number of hydrogen-bond donors (Lipinski definition) is 3. The van der Waals surface area contributed by atoms with E-state index in [4.69, 9.17) is 4.74 Å². The fourth-order valence-electron chi connectivity index (χ4n) is 2.26. The van der Waals surface area contributed by atoms with Crippen LogP contribution in [0.15, 0.2) is 0 Å². The van der Waals surface area contributed by atoms with Crippen molar-refractivity contribution in [1.29, 1.82) is 0 Å². The topological polar surface area (TPSA) is 78.8 Å². The molecule has 2 heterocycles. The number of ether oxygens (including phenoxy) is 1. The first kappa shape index (κ1) is 9.89. The number of aliphatic hydroxyl groups is 1. The van der Waals surface area contributed by atoms with Crippen LogP contribution in [0.5, 0.6) is 0 Å². The van der Waals surface area contributed by atoms with E-state index in [0.717, 1.165) is 13.0 Å². The van der Waals surface area contributed by atoms with Gasteiger partial charge in [0.25, 0.3) is 0 Å². The molecule has 0 aromatic carbocycles. The minimum atomic E-state index is -1.17. The summed E-state index contributed by atoms with van der Waals surface area (Å²) in [6.07, 6.45) is 1.31. The van der Waals surface area contributed by atoms with E-state index < -0.39 is 17.0 Å². The van der Waals surface area contributed by atoms with Crippen LogP contribution in [0.1, 0.15) is 12.8 Å². The van der Waals surface area contributed by atoms with Crippen molar-refractivity contribution < 1.29 is 19.7 Å². The van der Waals surface area contributed by atoms with Gasteiger partial charge in [0, 0.05) is 6.54 Å². The summed E-state index contributed by atoms with van der Waals surface area (Å²) in [5, 5.41) is 22.4. The standard InChI is InChI=1S/C9H15NO4/c11-7(12)8(2-1-3-10-4-8)9(13)5-14-6-9/h10,13H,1-6H2,(H,11,12). The zero-order chi connectivity index (χ0) is 10.2. The summed E-state index contributed by atoms with van der Waals surface area (Å²) in [5.74, 6) is -0.921. The first-order chi connectivity index (χ1) is 6.61. The summed E-state index contributed by atoms with van der Waals surface area (Å²) in [6.45, 7) is 1.44. The van der Waals surface area contributed by atoms with Crippen LogP contribution in [-0.2, 0) is 9.53 Å². The van der Waals surface area contributed by atoms with Gasteiger partial charge >= 0.3 is 5.97 Å². The zero-order valence-corrected chi connectivity index (χ0v) is 7.95. The first-order valence-corrected chi connectivity index (χ1v) is 4.85. The zero-order valence-electron chi connectivity index (χ0n) is 7.95. The molecule has 2 aliphatic rings. The molecule has 0 amide bonds. The van der Waals surface area contributed by atoms with Crippen molar-refractivity contribution in [3.8, 4) is 0 Å². The van der Waals surface area contributed by atoms with Crippen molar-refractivity contribution in [3.05, 3.63) is 0 Å². The SMILES string of the molecule is O=C(O)C1(C2(O)COC2)CCCNC1. The first-order valence-electron chi connectivity index (χ1n) is 4.85. The Morgan fingerprint density at radius 1 is 1.43 bits per heavy atom. The summed E-state index contributed by atoms with van der Waals surface area (Å²) in [5.41, 5.74) is -2.23. The summed E-state index contributed by atoms with van der Waals surface area (Å²) < 4.78 is 4.93. The van der Waals surface area contributed by atoms with E-state index in [-0.39, 0.29) is 13.2 Å². The predicted molar refractivity (Wildman–Crippen MR) is 47.9 cm³/mol. The van der Waals surface area contributed by atoms with Gasteiger partial charge in [-0.05, 0) is 19.4 Å². The van der Waals surface area contributed by atoms with Gasteiger partial charge in [0.05, 0.1) is 13.2 Å². The van der Waals surface area contributed by atoms with Gasteiger partial charge in [0.15, 0.2) is 0 Å². The van der Waals surface area contributed by atoms with Crippen molar-refractivity contribution in [1.82, 2.24) is 5.32 Å². The second-order valence-electron chi connectivity index (χ2n) is 4.19. The number of piperidine rings is 1. The fourth-order valence-corrected chi connectivity index (χ4v) is 2.26. The highest BCUT2D eigenvalue weighted by Gasteiger charge is 2.60. The molecule has 1 atom stereocenters. The average Bonchev–Trinajstić information content (AvgIpc) is 2.15. The third-order valence-corrected chi connectivity index (χ3v) is 3.37. The molecule has 2 fully saturated rings. The molecule has 80 valence electrons. The number of rotatable bonds is 2. The Morgan fingerprint density at radius 3 is 2.50 bits per heavy atom. The van der Waals surface area contributed by atoms with Crippen LogP contribution >= 0.6 is 0 Å². The minimum absolute atomic E-state index is 0.140. The average molecular weight is 201 g/mol. The minimum Gasteiger partial charge on any atom is -0.481 e. The molecule has 0 saturated carbocycles. The van der Waals surface area contributed by atoms with E-state index >= 15 is 0 Å². The van der Waals surface area contributed by atoms with Gasteiger partial charge in [-0.1, -0.05) is 0 Å². The van der Waals surface area contributed by atoms with E-state index in [1.807, 2.05) is 0 Å². The number of carboxylic acid groups (broad SMARTS) is 1. The second kappa shape index (κ2) is 3.18. The van der Waals surface area contributed by atoms with Gasteiger partial charge in [-0.25, -0.2) is 0 Å². The largest absolute Gasteiger partial charge is 0.481 e. The molecule has 5 nitrogen and oxygen atoms in total. The Labute approximate surface area is 82.1 Å². The van der Waals surface area contributed by atoms with Crippen LogP contribution in [0, 0.1) is 5.41 Å². The Kier molecular flexibility index (Phi) is 2.25. The lowest BCUT2D eigenvalue weighted by molar-refractivity contribution is -0.247. The van der Waals surface area contributed by atoms with Gasteiger partial charge in [0.2, 0.25) is 0 Å². The third-order valence-electron chi connectivity index (χ3n) is 3.37. The molecular formula is C9H15NO4. The predicted octanol–water partition coefficient (Wildman–Crippen LogP) is -0.798. The number of carboxylic acids is 1. The normalized spacial score (nSPS) is 36.1. The van der Waals surface area contributed by atoms with E-state index in [9.17, 15) is 15.0 Å². The fraction of sp³-hybridized carbons (Fsp3) is 0.889. The molecule has 2 saturated heterocycles. The van der Waals surface area contributed by atoms with E-state index in [0.29, 0.717) is 13.0 Å². The van der Waals surface area contributed by atoms with Gasteiger partial charge in [-0.3, -0.25) is 4.79 Å². The van der Waals surface area contributed by atoms with Crippen molar-refractivity contribution in [3.63, 3.8) is 0 Å². The second-order valence-corrected chi connectivity index (χ2v) is 4.19. The van der Waals surface area contributed by atoms with Gasteiger partial charge in [0.1, 0.15) is 11.0 Å². The quantitative estimate of drug-likeness (QED) is 0.545. The smallest absolute Gasteiger partial charge is 0.314 e. The van der Waals surface area contributed by atoms with Crippen LogP contribution in [0.2, 0.25) is 0 Å². The molecule has 3 N–H and O–H groups in total. The van der Waals surface area contributed by atoms with Gasteiger partial charge in [-0.2, -0.15) is 0 Å². The number of nitrogens with one attached hydrogen (secondary N) is 1. The van der Waals surface area contributed by atoms with Gasteiger partial charge in [-0.15, -0.1) is 0 Å². The van der Waals surface area contributed by atoms with Crippen molar-refractivity contribution in [2.45, 2.75) is 18.4 Å². The van der Waals surface area contributed by atoms with E-state index in [1.165, 1.54) is 0 Å². The van der Waals surface area contributed by atoms with E-state index in [1.54, 1.807) is 0 Å². The van der Waals surface area contributed by atoms with Crippen molar-refractivity contribution >= 4 is 5.97 Å². The number of hydrogen-bond acceptors (Lipinski definition) is 4.